The van der Waals surface area contributed by atoms with Crippen molar-refractivity contribution in [2.45, 2.75) is 19.9 Å². The first kappa shape index (κ1) is 15.6. The first-order valence-electron chi connectivity index (χ1n) is 5.70. The molecule has 0 unspecified atom stereocenters. The lowest BCUT2D eigenvalue weighted by Crippen LogP contribution is -2.45. The van der Waals surface area contributed by atoms with E-state index in [1.54, 1.807) is 13.8 Å². The molecule has 1 amide bonds. The summed E-state index contributed by atoms with van der Waals surface area (Å²) in [5.41, 5.74) is 0.260. The van der Waals surface area contributed by atoms with Crippen molar-refractivity contribution in [3.8, 4) is 0 Å². The summed E-state index contributed by atoms with van der Waals surface area (Å²) in [5.74, 6) is -1.54. The Kier molecular flexibility index (Phi) is 5.47. The van der Waals surface area contributed by atoms with E-state index in [0.717, 1.165) is 0 Å². The van der Waals surface area contributed by atoms with Crippen LogP contribution in [0.5, 0.6) is 0 Å². The molecule has 0 fully saturated rings. The maximum absolute atomic E-state index is 12.9. The first-order valence-corrected chi connectivity index (χ1v) is 6.50. The van der Waals surface area contributed by atoms with Crippen LogP contribution in [0, 0.1) is 11.7 Å². The lowest BCUT2D eigenvalue weighted by atomic mass is 10.0. The third-order valence-corrected chi connectivity index (χ3v) is 3.24. The predicted octanol–water partition coefficient (Wildman–Crippen LogP) is 2.52. The van der Waals surface area contributed by atoms with E-state index in [-0.39, 0.29) is 11.5 Å². The highest BCUT2D eigenvalue weighted by Gasteiger charge is 2.26. The Labute approximate surface area is 119 Å². The second kappa shape index (κ2) is 6.65. The highest BCUT2D eigenvalue weighted by Crippen LogP contribution is 2.18. The zero-order valence-corrected chi connectivity index (χ0v) is 12.5. The Bertz CT molecular complexity index is 491. The molecule has 1 aromatic carbocycles. The van der Waals surface area contributed by atoms with E-state index < -0.39 is 23.7 Å². The van der Waals surface area contributed by atoms with E-state index in [2.05, 4.69) is 26.0 Å². The predicted molar refractivity (Wildman–Crippen MR) is 72.2 cm³/mol. The van der Waals surface area contributed by atoms with Crippen LogP contribution in [0.2, 0.25) is 0 Å². The second-order valence-electron chi connectivity index (χ2n) is 4.34. The number of ether oxygens (including phenoxy) is 1. The number of rotatable bonds is 4. The molecule has 0 heterocycles. The lowest BCUT2D eigenvalue weighted by Gasteiger charge is -2.20. The van der Waals surface area contributed by atoms with E-state index in [9.17, 15) is 14.0 Å². The lowest BCUT2D eigenvalue weighted by molar-refractivity contribution is -0.144. The Morgan fingerprint density at radius 3 is 2.47 bits per heavy atom. The van der Waals surface area contributed by atoms with Crippen molar-refractivity contribution in [3.63, 3.8) is 0 Å². The van der Waals surface area contributed by atoms with E-state index in [0.29, 0.717) is 4.47 Å². The van der Waals surface area contributed by atoms with Gasteiger partial charge in [-0.15, -0.1) is 0 Å². The Morgan fingerprint density at radius 2 is 2.00 bits per heavy atom. The number of benzene rings is 1. The summed E-state index contributed by atoms with van der Waals surface area (Å²) in [7, 11) is 1.26. The molecule has 0 aliphatic rings. The molecule has 1 N–H and O–H groups in total. The fourth-order valence-electron chi connectivity index (χ4n) is 1.52. The van der Waals surface area contributed by atoms with Gasteiger partial charge >= 0.3 is 5.97 Å². The number of methoxy groups -OCH3 is 1. The highest BCUT2D eigenvalue weighted by atomic mass is 79.9. The average Bonchev–Trinajstić information content (AvgIpc) is 2.34. The van der Waals surface area contributed by atoms with Crippen LogP contribution in [-0.4, -0.2) is 25.0 Å². The van der Waals surface area contributed by atoms with Gasteiger partial charge in [0.2, 0.25) is 0 Å². The monoisotopic (exact) mass is 331 g/mol. The molecule has 0 saturated carbocycles. The minimum atomic E-state index is -0.741. The minimum Gasteiger partial charge on any atom is -0.467 e. The molecule has 1 atom stereocenters. The number of carbonyl (C=O) groups is 2. The molecule has 0 aromatic heterocycles. The molecule has 0 saturated heterocycles. The van der Waals surface area contributed by atoms with Crippen LogP contribution < -0.4 is 5.32 Å². The fourth-order valence-corrected chi connectivity index (χ4v) is 2.05. The summed E-state index contributed by atoms with van der Waals surface area (Å²) in [4.78, 5) is 23.6. The van der Waals surface area contributed by atoms with Gasteiger partial charge in [-0.05, 0) is 40.0 Å². The molecule has 0 aliphatic heterocycles. The van der Waals surface area contributed by atoms with Gasteiger partial charge in [-0.1, -0.05) is 13.8 Å². The highest BCUT2D eigenvalue weighted by molar-refractivity contribution is 9.10. The van der Waals surface area contributed by atoms with Gasteiger partial charge in [-0.25, -0.2) is 9.18 Å². The van der Waals surface area contributed by atoms with Crippen LogP contribution in [0.25, 0.3) is 0 Å². The fraction of sp³-hybridized carbons (Fsp3) is 0.385. The number of hydrogen-bond donors (Lipinski definition) is 1. The largest absolute Gasteiger partial charge is 0.467 e. The standard InChI is InChI=1S/C13H15BrFNO3/c1-7(2)11(13(18)19-3)16-12(17)9-5-4-8(15)6-10(9)14/h4-7,11H,1-3H3,(H,16,17)/t11-/m0/s1. The summed E-state index contributed by atoms with van der Waals surface area (Å²) in [6, 6.07) is 2.98. The third kappa shape index (κ3) is 4.02. The van der Waals surface area contributed by atoms with E-state index >= 15 is 0 Å². The molecule has 0 spiro atoms. The summed E-state index contributed by atoms with van der Waals surface area (Å²) < 4.78 is 17.9. The molecule has 6 heteroatoms. The topological polar surface area (TPSA) is 55.4 Å². The van der Waals surface area contributed by atoms with Crippen LogP contribution in [-0.2, 0) is 9.53 Å². The van der Waals surface area contributed by atoms with E-state index in [1.807, 2.05) is 0 Å². The number of nitrogens with one attached hydrogen (secondary N) is 1. The SMILES string of the molecule is COC(=O)[C@@H](NC(=O)c1ccc(F)cc1Br)C(C)C. The Morgan fingerprint density at radius 1 is 1.37 bits per heavy atom. The second-order valence-corrected chi connectivity index (χ2v) is 5.20. The zero-order valence-electron chi connectivity index (χ0n) is 10.9. The first-order chi connectivity index (χ1) is 8.86. The normalized spacial score (nSPS) is 12.1. The van der Waals surface area contributed by atoms with Gasteiger partial charge in [0.1, 0.15) is 11.9 Å². The molecule has 0 aliphatic carbocycles. The summed E-state index contributed by atoms with van der Waals surface area (Å²) in [6.45, 7) is 3.59. The molecule has 1 rings (SSSR count). The van der Waals surface area contributed by atoms with Crippen molar-refractivity contribution < 1.29 is 18.7 Å². The molecule has 104 valence electrons. The van der Waals surface area contributed by atoms with Gasteiger partial charge in [0.15, 0.2) is 0 Å². The number of amides is 1. The van der Waals surface area contributed by atoms with Gasteiger partial charge < -0.3 is 10.1 Å². The van der Waals surface area contributed by atoms with Crippen LogP contribution in [0.15, 0.2) is 22.7 Å². The Hall–Kier alpha value is -1.43. The summed E-state index contributed by atoms with van der Waals surface area (Å²) in [5, 5.41) is 2.58. The molecule has 0 radical (unpaired) electrons. The van der Waals surface area contributed by atoms with Crippen LogP contribution in [0.4, 0.5) is 4.39 Å². The maximum atomic E-state index is 12.9. The van der Waals surface area contributed by atoms with Crippen molar-refractivity contribution in [2.24, 2.45) is 5.92 Å². The number of carbonyl (C=O) groups excluding carboxylic acids is 2. The van der Waals surface area contributed by atoms with Crippen LogP contribution in [0.1, 0.15) is 24.2 Å². The summed E-state index contributed by atoms with van der Waals surface area (Å²) >= 11 is 3.11. The smallest absolute Gasteiger partial charge is 0.328 e. The van der Waals surface area contributed by atoms with E-state index in [1.165, 1.54) is 25.3 Å². The average molecular weight is 332 g/mol. The zero-order chi connectivity index (χ0) is 14.6. The van der Waals surface area contributed by atoms with Crippen molar-refractivity contribution in [3.05, 3.63) is 34.1 Å². The van der Waals surface area contributed by atoms with Gasteiger partial charge in [-0.2, -0.15) is 0 Å². The molecule has 4 nitrogen and oxygen atoms in total. The Balaban J connectivity index is 2.91. The molecule has 19 heavy (non-hydrogen) atoms. The van der Waals surface area contributed by atoms with Gasteiger partial charge in [-0.3, -0.25) is 4.79 Å². The minimum absolute atomic E-state index is 0.115. The van der Waals surface area contributed by atoms with Gasteiger partial charge in [0.25, 0.3) is 5.91 Å². The van der Waals surface area contributed by atoms with Gasteiger partial charge in [0, 0.05) is 4.47 Å². The van der Waals surface area contributed by atoms with Crippen LogP contribution in [0.3, 0.4) is 0 Å². The third-order valence-electron chi connectivity index (χ3n) is 2.58. The summed E-state index contributed by atoms with van der Waals surface area (Å²) in [6.07, 6.45) is 0. The van der Waals surface area contributed by atoms with Crippen molar-refractivity contribution >= 4 is 27.8 Å². The van der Waals surface area contributed by atoms with Crippen molar-refractivity contribution in [2.75, 3.05) is 7.11 Å². The maximum Gasteiger partial charge on any atom is 0.328 e. The number of halogens is 2. The molecule has 1 aromatic rings. The molecule has 0 bridgehead atoms. The van der Waals surface area contributed by atoms with Crippen molar-refractivity contribution in [1.29, 1.82) is 0 Å². The number of hydrogen-bond acceptors (Lipinski definition) is 3. The molecular formula is C13H15BrFNO3. The van der Waals surface area contributed by atoms with Crippen LogP contribution >= 0.6 is 15.9 Å². The number of esters is 1. The van der Waals surface area contributed by atoms with Gasteiger partial charge in [0.05, 0.1) is 12.7 Å². The van der Waals surface area contributed by atoms with Crippen molar-refractivity contribution in [1.82, 2.24) is 5.32 Å². The van der Waals surface area contributed by atoms with E-state index in [4.69, 9.17) is 0 Å². The quantitative estimate of drug-likeness (QED) is 0.862. The molecular weight excluding hydrogens is 317 g/mol.